The van der Waals surface area contributed by atoms with Crippen LogP contribution in [0.4, 0.5) is 11.4 Å². The number of rotatable bonds is 2. The van der Waals surface area contributed by atoms with Crippen molar-refractivity contribution in [2.45, 2.75) is 19.1 Å². The van der Waals surface area contributed by atoms with Gasteiger partial charge in [0.15, 0.2) is 0 Å². The maximum absolute atomic E-state index is 12.4. The van der Waals surface area contributed by atoms with Gasteiger partial charge in [-0.25, -0.2) is 0 Å². The van der Waals surface area contributed by atoms with Crippen LogP contribution in [0, 0.1) is 6.92 Å². The summed E-state index contributed by atoms with van der Waals surface area (Å²) in [5.41, 5.74) is 9.60. The van der Waals surface area contributed by atoms with Gasteiger partial charge in [0.25, 0.3) is 5.91 Å². The lowest BCUT2D eigenvalue weighted by Crippen LogP contribution is -2.11. The van der Waals surface area contributed by atoms with Gasteiger partial charge in [0.05, 0.1) is 10.6 Å². The molecule has 0 atom stereocenters. The Morgan fingerprint density at radius 2 is 2.19 bits per heavy atom. The number of nitrogens with one attached hydrogen (secondary N) is 1. The summed E-state index contributed by atoms with van der Waals surface area (Å²) in [4.78, 5) is 14.5. The second-order valence-corrected chi connectivity index (χ2v) is 8.10. The van der Waals surface area contributed by atoms with E-state index in [2.05, 4.69) is 21.2 Å². The van der Waals surface area contributed by atoms with Crippen molar-refractivity contribution in [3.63, 3.8) is 0 Å². The SMILES string of the molecule is Cc1cc(Br)c(NC(=O)c2cc3c(s2)CCSC3)cc1N. The van der Waals surface area contributed by atoms with E-state index in [1.807, 2.05) is 30.8 Å². The Morgan fingerprint density at radius 1 is 1.38 bits per heavy atom. The predicted octanol–water partition coefficient (Wildman–Crippen LogP) is 4.44. The molecule has 110 valence electrons. The van der Waals surface area contributed by atoms with E-state index >= 15 is 0 Å². The largest absolute Gasteiger partial charge is 0.398 e. The molecule has 2 heterocycles. The van der Waals surface area contributed by atoms with E-state index in [1.54, 1.807) is 17.4 Å². The number of thiophene rings is 1. The number of carbonyl (C=O) groups is 1. The molecule has 0 saturated heterocycles. The monoisotopic (exact) mass is 382 g/mol. The maximum Gasteiger partial charge on any atom is 0.265 e. The number of hydrogen-bond donors (Lipinski definition) is 2. The summed E-state index contributed by atoms with van der Waals surface area (Å²) in [5, 5.41) is 2.94. The summed E-state index contributed by atoms with van der Waals surface area (Å²) >= 11 is 7.00. The number of amides is 1. The standard InChI is InChI=1S/C15H15BrN2OS2/c1-8-4-10(16)12(6-11(8)17)18-15(19)14-5-9-7-20-3-2-13(9)21-14/h4-6H,2-3,7,17H2,1H3,(H,18,19). The van der Waals surface area contributed by atoms with Crippen LogP contribution in [-0.4, -0.2) is 11.7 Å². The molecule has 0 fully saturated rings. The molecule has 0 spiro atoms. The third-order valence-electron chi connectivity index (χ3n) is 3.46. The smallest absolute Gasteiger partial charge is 0.265 e. The number of benzene rings is 1. The first-order chi connectivity index (χ1) is 10.0. The van der Waals surface area contributed by atoms with Crippen molar-refractivity contribution in [2.75, 3.05) is 16.8 Å². The molecule has 1 aromatic heterocycles. The quantitative estimate of drug-likeness (QED) is 0.754. The zero-order chi connectivity index (χ0) is 15.0. The second kappa shape index (κ2) is 6.02. The van der Waals surface area contributed by atoms with Crippen LogP contribution < -0.4 is 11.1 Å². The van der Waals surface area contributed by atoms with Gasteiger partial charge in [0.2, 0.25) is 0 Å². The minimum atomic E-state index is -0.0663. The van der Waals surface area contributed by atoms with Crippen LogP contribution >= 0.6 is 39.0 Å². The molecule has 0 radical (unpaired) electrons. The Labute approximate surface area is 140 Å². The highest BCUT2D eigenvalue weighted by Crippen LogP contribution is 2.33. The molecule has 0 bridgehead atoms. The topological polar surface area (TPSA) is 55.1 Å². The Morgan fingerprint density at radius 3 is 2.95 bits per heavy atom. The van der Waals surface area contributed by atoms with E-state index in [0.29, 0.717) is 11.4 Å². The summed E-state index contributed by atoms with van der Waals surface area (Å²) in [6.45, 7) is 1.94. The molecule has 1 aromatic carbocycles. The van der Waals surface area contributed by atoms with Crippen molar-refractivity contribution in [2.24, 2.45) is 0 Å². The van der Waals surface area contributed by atoms with Crippen LogP contribution in [-0.2, 0) is 12.2 Å². The van der Waals surface area contributed by atoms with Crippen LogP contribution in [0.3, 0.4) is 0 Å². The lowest BCUT2D eigenvalue weighted by Gasteiger charge is -2.09. The van der Waals surface area contributed by atoms with Gasteiger partial charge in [0, 0.05) is 20.8 Å². The fourth-order valence-corrected chi connectivity index (χ4v) is 5.05. The number of carbonyl (C=O) groups excluding carboxylic acids is 1. The highest BCUT2D eigenvalue weighted by atomic mass is 79.9. The van der Waals surface area contributed by atoms with Crippen molar-refractivity contribution in [1.29, 1.82) is 0 Å². The zero-order valence-electron chi connectivity index (χ0n) is 11.5. The molecular formula is C15H15BrN2OS2. The summed E-state index contributed by atoms with van der Waals surface area (Å²) in [6, 6.07) is 5.73. The lowest BCUT2D eigenvalue weighted by molar-refractivity contribution is 0.103. The predicted molar refractivity (Wildman–Crippen MR) is 95.4 cm³/mol. The molecule has 21 heavy (non-hydrogen) atoms. The van der Waals surface area contributed by atoms with Gasteiger partial charge in [-0.15, -0.1) is 11.3 Å². The molecule has 0 saturated carbocycles. The summed E-state index contributed by atoms with van der Waals surface area (Å²) in [7, 11) is 0. The van der Waals surface area contributed by atoms with Gasteiger partial charge >= 0.3 is 0 Å². The zero-order valence-corrected chi connectivity index (χ0v) is 14.8. The van der Waals surface area contributed by atoms with Gasteiger partial charge in [-0.05, 0) is 64.4 Å². The Kier molecular flexibility index (Phi) is 4.28. The van der Waals surface area contributed by atoms with Crippen molar-refractivity contribution in [3.05, 3.63) is 43.6 Å². The second-order valence-electron chi connectivity index (χ2n) is 5.00. The van der Waals surface area contributed by atoms with Crippen LogP contribution in [0.2, 0.25) is 0 Å². The number of thioether (sulfide) groups is 1. The molecule has 2 aromatic rings. The third kappa shape index (κ3) is 3.12. The molecular weight excluding hydrogens is 368 g/mol. The molecule has 1 aliphatic heterocycles. The number of hydrogen-bond acceptors (Lipinski definition) is 4. The fourth-order valence-electron chi connectivity index (χ4n) is 2.23. The fraction of sp³-hybridized carbons (Fsp3) is 0.267. The first-order valence-corrected chi connectivity index (χ1v) is 9.37. The van der Waals surface area contributed by atoms with Gasteiger partial charge in [-0.3, -0.25) is 4.79 Å². The minimum absolute atomic E-state index is 0.0663. The van der Waals surface area contributed by atoms with Crippen LogP contribution in [0.25, 0.3) is 0 Å². The van der Waals surface area contributed by atoms with Crippen LogP contribution in [0.15, 0.2) is 22.7 Å². The van der Waals surface area contributed by atoms with E-state index < -0.39 is 0 Å². The van der Waals surface area contributed by atoms with E-state index in [-0.39, 0.29) is 5.91 Å². The molecule has 3 N–H and O–H groups in total. The van der Waals surface area contributed by atoms with E-state index in [1.165, 1.54) is 10.4 Å². The summed E-state index contributed by atoms with van der Waals surface area (Å²) in [5.74, 6) is 2.10. The average Bonchev–Trinajstić information content (AvgIpc) is 2.88. The van der Waals surface area contributed by atoms with Crippen LogP contribution in [0.1, 0.15) is 25.7 Å². The van der Waals surface area contributed by atoms with Crippen molar-refractivity contribution in [3.8, 4) is 0 Å². The average molecular weight is 383 g/mol. The van der Waals surface area contributed by atoms with E-state index in [4.69, 9.17) is 5.73 Å². The van der Waals surface area contributed by atoms with Gasteiger partial charge in [-0.2, -0.15) is 11.8 Å². The highest BCUT2D eigenvalue weighted by Gasteiger charge is 2.18. The molecule has 0 unspecified atom stereocenters. The number of aryl methyl sites for hydroxylation is 2. The van der Waals surface area contributed by atoms with E-state index in [9.17, 15) is 4.79 Å². The molecule has 0 aliphatic carbocycles. The molecule has 1 aliphatic rings. The van der Waals surface area contributed by atoms with Crippen molar-refractivity contribution < 1.29 is 4.79 Å². The third-order valence-corrected chi connectivity index (χ3v) is 6.36. The number of anilines is 2. The van der Waals surface area contributed by atoms with Crippen LogP contribution in [0.5, 0.6) is 0 Å². The summed E-state index contributed by atoms with van der Waals surface area (Å²) < 4.78 is 0.847. The number of nitrogen functional groups attached to an aromatic ring is 1. The first-order valence-electron chi connectivity index (χ1n) is 6.61. The highest BCUT2D eigenvalue weighted by molar-refractivity contribution is 9.10. The Bertz CT molecular complexity index is 688. The first kappa shape index (κ1) is 14.9. The normalized spacial score (nSPS) is 13.8. The number of nitrogens with two attached hydrogens (primary N) is 1. The number of fused-ring (bicyclic) bond motifs is 1. The molecule has 3 nitrogen and oxygen atoms in total. The molecule has 1 amide bonds. The van der Waals surface area contributed by atoms with E-state index in [0.717, 1.165) is 32.8 Å². The van der Waals surface area contributed by atoms with Gasteiger partial charge < -0.3 is 11.1 Å². The molecule has 3 rings (SSSR count). The Hall–Kier alpha value is -0.980. The van der Waals surface area contributed by atoms with Crippen molar-refractivity contribution in [1.82, 2.24) is 0 Å². The lowest BCUT2D eigenvalue weighted by atomic mass is 10.2. The van der Waals surface area contributed by atoms with Crippen molar-refractivity contribution >= 4 is 56.3 Å². The number of halogens is 1. The van der Waals surface area contributed by atoms with Gasteiger partial charge in [0.1, 0.15) is 0 Å². The summed E-state index contributed by atoms with van der Waals surface area (Å²) in [6.07, 6.45) is 1.07. The maximum atomic E-state index is 12.4. The minimum Gasteiger partial charge on any atom is -0.398 e. The Balaban J connectivity index is 1.83. The van der Waals surface area contributed by atoms with Gasteiger partial charge in [-0.1, -0.05) is 0 Å². The molecule has 6 heteroatoms.